The first-order valence-electron chi connectivity index (χ1n) is 8.73. The lowest BCUT2D eigenvalue weighted by molar-refractivity contribution is 0.122. The molecule has 0 saturated carbocycles. The molecule has 152 valence electrons. The first kappa shape index (κ1) is 20.4. The Morgan fingerprint density at radius 3 is 2.68 bits per heavy atom. The Balaban J connectivity index is 1.49. The van der Waals surface area contributed by atoms with Gasteiger partial charge in [0.05, 0.1) is 19.0 Å². The molecular weight excluding hydrogens is 392 g/mol. The van der Waals surface area contributed by atoms with Crippen LogP contribution in [0.1, 0.15) is 5.56 Å². The van der Waals surface area contributed by atoms with Gasteiger partial charge in [0.2, 0.25) is 10.0 Å². The molecule has 2 N–H and O–H groups in total. The van der Waals surface area contributed by atoms with Crippen LogP contribution < -0.4 is 14.9 Å². The lowest BCUT2D eigenvalue weighted by atomic mass is 10.2. The van der Waals surface area contributed by atoms with Crippen molar-refractivity contribution >= 4 is 21.7 Å². The van der Waals surface area contributed by atoms with Gasteiger partial charge in [-0.05, 0) is 18.2 Å². The van der Waals surface area contributed by atoms with Crippen LogP contribution in [0, 0.1) is 11.6 Å². The number of hydrogen-bond acceptors (Lipinski definition) is 7. The van der Waals surface area contributed by atoms with E-state index in [4.69, 9.17) is 4.74 Å². The molecule has 1 aliphatic rings. The Bertz CT molecular complexity index is 907. The highest BCUT2D eigenvalue weighted by Gasteiger charge is 2.15. The number of ether oxygens (including phenoxy) is 1. The first-order chi connectivity index (χ1) is 13.4. The van der Waals surface area contributed by atoms with Gasteiger partial charge in [-0.25, -0.2) is 31.9 Å². The van der Waals surface area contributed by atoms with Crippen LogP contribution in [0.4, 0.5) is 20.4 Å². The van der Waals surface area contributed by atoms with Crippen LogP contribution in [0.15, 0.2) is 30.6 Å². The summed E-state index contributed by atoms with van der Waals surface area (Å²) in [5.41, 5.74) is -0.216. The molecule has 28 heavy (non-hydrogen) atoms. The van der Waals surface area contributed by atoms with Crippen molar-refractivity contribution in [3.63, 3.8) is 0 Å². The molecule has 0 unspecified atom stereocenters. The lowest BCUT2D eigenvalue weighted by Crippen LogP contribution is -2.36. The molecule has 2 aromatic rings. The topological polar surface area (TPSA) is 96.5 Å². The van der Waals surface area contributed by atoms with E-state index < -0.39 is 27.4 Å². The van der Waals surface area contributed by atoms with Crippen LogP contribution in [0.2, 0.25) is 0 Å². The fourth-order valence-corrected chi connectivity index (χ4v) is 3.86. The van der Waals surface area contributed by atoms with Gasteiger partial charge >= 0.3 is 0 Å². The second-order valence-electron chi connectivity index (χ2n) is 6.18. The van der Waals surface area contributed by atoms with Crippen LogP contribution in [0.3, 0.4) is 0 Å². The number of rotatable bonds is 8. The molecule has 3 rings (SSSR count). The maximum Gasteiger partial charge on any atom is 0.215 e. The average Bonchev–Trinajstić information content (AvgIpc) is 2.69. The van der Waals surface area contributed by atoms with Gasteiger partial charge in [0.1, 0.15) is 29.6 Å². The first-order valence-corrected chi connectivity index (χ1v) is 10.4. The van der Waals surface area contributed by atoms with Crippen molar-refractivity contribution in [1.29, 1.82) is 0 Å². The predicted molar refractivity (Wildman–Crippen MR) is 101 cm³/mol. The molecule has 8 nitrogen and oxygen atoms in total. The zero-order valence-corrected chi connectivity index (χ0v) is 15.9. The molecule has 0 bridgehead atoms. The number of hydrogen-bond donors (Lipinski definition) is 2. The Morgan fingerprint density at radius 2 is 1.89 bits per heavy atom. The highest BCUT2D eigenvalue weighted by Crippen LogP contribution is 2.15. The van der Waals surface area contributed by atoms with Crippen LogP contribution in [-0.4, -0.2) is 57.8 Å². The van der Waals surface area contributed by atoms with E-state index in [1.54, 1.807) is 6.07 Å². The number of halogens is 2. The van der Waals surface area contributed by atoms with E-state index in [0.717, 1.165) is 37.1 Å². The van der Waals surface area contributed by atoms with Gasteiger partial charge in [-0.1, -0.05) is 0 Å². The van der Waals surface area contributed by atoms with Crippen LogP contribution in [0.5, 0.6) is 0 Å². The normalized spacial score (nSPS) is 14.9. The minimum atomic E-state index is -3.81. The Morgan fingerprint density at radius 1 is 1.11 bits per heavy atom. The molecule has 0 radical (unpaired) electrons. The average molecular weight is 413 g/mol. The van der Waals surface area contributed by atoms with Crippen LogP contribution in [-0.2, 0) is 20.5 Å². The summed E-state index contributed by atoms with van der Waals surface area (Å²) in [6, 6.07) is 4.50. The monoisotopic (exact) mass is 413 g/mol. The van der Waals surface area contributed by atoms with E-state index in [2.05, 4.69) is 24.9 Å². The van der Waals surface area contributed by atoms with Gasteiger partial charge in [0, 0.05) is 37.8 Å². The standard InChI is InChI=1S/C17H21F2N5O3S/c18-14-1-2-15(19)13(9-14)11-28(25,26)23-4-3-20-16-10-17(22-12-21-16)24-5-7-27-8-6-24/h1-2,9-10,12,23H,3-8,11H2,(H,20,21,22). The summed E-state index contributed by atoms with van der Waals surface area (Å²) >= 11 is 0. The Labute approximate surface area is 162 Å². The van der Waals surface area contributed by atoms with Gasteiger partial charge < -0.3 is 15.0 Å². The van der Waals surface area contributed by atoms with Crippen molar-refractivity contribution in [2.24, 2.45) is 0 Å². The molecule has 0 aliphatic carbocycles. The summed E-state index contributed by atoms with van der Waals surface area (Å²) in [6.45, 7) is 3.10. The predicted octanol–water partition coefficient (Wildman–Crippen LogP) is 1.12. The molecule has 0 amide bonds. The van der Waals surface area contributed by atoms with E-state index in [9.17, 15) is 17.2 Å². The third-order valence-corrected chi connectivity index (χ3v) is 5.43. The number of sulfonamides is 1. The van der Waals surface area contributed by atoms with Gasteiger partial charge in [-0.3, -0.25) is 0 Å². The minimum Gasteiger partial charge on any atom is -0.378 e. The van der Waals surface area contributed by atoms with Crippen LogP contribution >= 0.6 is 0 Å². The van der Waals surface area contributed by atoms with Gasteiger partial charge in [0.15, 0.2) is 0 Å². The number of nitrogens with zero attached hydrogens (tertiary/aromatic N) is 3. The van der Waals surface area contributed by atoms with Crippen LogP contribution in [0.25, 0.3) is 0 Å². The lowest BCUT2D eigenvalue weighted by Gasteiger charge is -2.27. The summed E-state index contributed by atoms with van der Waals surface area (Å²) < 4.78 is 58.6. The third-order valence-electron chi connectivity index (χ3n) is 4.09. The number of aromatic nitrogens is 2. The van der Waals surface area contributed by atoms with Gasteiger partial charge in [-0.15, -0.1) is 0 Å². The second-order valence-corrected chi connectivity index (χ2v) is 7.98. The largest absolute Gasteiger partial charge is 0.378 e. The fraction of sp³-hybridized carbons (Fsp3) is 0.412. The summed E-state index contributed by atoms with van der Waals surface area (Å²) in [7, 11) is -3.81. The molecule has 1 fully saturated rings. The third kappa shape index (κ3) is 5.81. The molecule has 11 heteroatoms. The number of anilines is 2. The molecule has 0 atom stereocenters. The minimum absolute atomic E-state index is 0.0656. The Kier molecular flexibility index (Phi) is 6.70. The van der Waals surface area contributed by atoms with Crippen molar-refractivity contribution in [1.82, 2.24) is 14.7 Å². The van der Waals surface area contributed by atoms with Gasteiger partial charge in [-0.2, -0.15) is 0 Å². The number of nitrogens with one attached hydrogen (secondary N) is 2. The summed E-state index contributed by atoms with van der Waals surface area (Å²) in [5, 5.41) is 3.01. The summed E-state index contributed by atoms with van der Waals surface area (Å²) in [6.07, 6.45) is 1.43. The van der Waals surface area contributed by atoms with E-state index in [1.165, 1.54) is 6.33 Å². The molecule has 1 aromatic carbocycles. The van der Waals surface area contributed by atoms with Crippen molar-refractivity contribution in [3.8, 4) is 0 Å². The molecule has 0 spiro atoms. The van der Waals surface area contributed by atoms with E-state index in [1.807, 2.05) is 0 Å². The second kappa shape index (κ2) is 9.22. The Hall–Kier alpha value is -2.37. The van der Waals surface area contributed by atoms with E-state index in [-0.39, 0.29) is 18.7 Å². The molecule has 1 saturated heterocycles. The molecule has 2 heterocycles. The van der Waals surface area contributed by atoms with Crippen molar-refractivity contribution in [2.45, 2.75) is 5.75 Å². The maximum absolute atomic E-state index is 13.6. The van der Waals surface area contributed by atoms with E-state index in [0.29, 0.717) is 19.0 Å². The zero-order valence-electron chi connectivity index (χ0n) is 15.1. The quantitative estimate of drug-likeness (QED) is 0.626. The van der Waals surface area contributed by atoms with Crippen molar-refractivity contribution in [2.75, 3.05) is 49.6 Å². The van der Waals surface area contributed by atoms with Gasteiger partial charge in [0.25, 0.3) is 0 Å². The summed E-state index contributed by atoms with van der Waals surface area (Å²) in [4.78, 5) is 10.4. The number of benzene rings is 1. The smallest absolute Gasteiger partial charge is 0.215 e. The van der Waals surface area contributed by atoms with Crippen molar-refractivity contribution < 1.29 is 21.9 Å². The highest BCUT2D eigenvalue weighted by molar-refractivity contribution is 7.88. The fourth-order valence-electron chi connectivity index (χ4n) is 2.72. The number of morpholine rings is 1. The highest BCUT2D eigenvalue weighted by atomic mass is 32.2. The SMILES string of the molecule is O=S(=O)(Cc1cc(F)ccc1F)NCCNc1cc(N2CCOCC2)ncn1. The molecule has 1 aliphatic heterocycles. The molecular formula is C17H21F2N5O3S. The summed E-state index contributed by atoms with van der Waals surface area (Å²) in [5.74, 6) is -0.755. The maximum atomic E-state index is 13.6. The van der Waals surface area contributed by atoms with Crippen molar-refractivity contribution in [3.05, 3.63) is 47.8 Å². The zero-order chi connectivity index (χ0) is 20.0. The molecule has 1 aromatic heterocycles. The van der Waals surface area contributed by atoms with E-state index >= 15 is 0 Å².